The number of nitrogens with one attached hydrogen (secondary N) is 1. The number of hydrogen-bond acceptors (Lipinski definition) is 3. The average molecular weight is 235 g/mol. The van der Waals surface area contributed by atoms with E-state index in [-0.39, 0.29) is 0 Å². The van der Waals surface area contributed by atoms with Crippen LogP contribution in [-0.2, 0) is 4.79 Å². The molecule has 1 aliphatic carbocycles. The molecule has 1 aliphatic rings. The molecule has 0 spiro atoms. The maximum absolute atomic E-state index is 11.7. The van der Waals surface area contributed by atoms with E-state index in [0.717, 1.165) is 12.0 Å². The van der Waals surface area contributed by atoms with Crippen molar-refractivity contribution in [2.75, 3.05) is 5.32 Å². The smallest absolute Gasteiger partial charge is 0.256 e. The number of anilines is 1. The van der Waals surface area contributed by atoms with Crippen molar-refractivity contribution < 1.29 is 15.0 Å². The SMILES string of the molecule is Cc1cccc(NC(=O)C(O)C2(O)CCC2)c1. The van der Waals surface area contributed by atoms with Crippen LogP contribution in [0.2, 0.25) is 0 Å². The van der Waals surface area contributed by atoms with Gasteiger partial charge >= 0.3 is 0 Å². The normalized spacial score (nSPS) is 19.2. The number of carbonyl (C=O) groups is 1. The van der Waals surface area contributed by atoms with Crippen LogP contribution < -0.4 is 5.32 Å². The first-order chi connectivity index (χ1) is 8.01. The monoisotopic (exact) mass is 235 g/mol. The number of aliphatic hydroxyl groups is 2. The van der Waals surface area contributed by atoms with Crippen LogP contribution >= 0.6 is 0 Å². The van der Waals surface area contributed by atoms with Crippen molar-refractivity contribution in [3.63, 3.8) is 0 Å². The van der Waals surface area contributed by atoms with Gasteiger partial charge in [0.05, 0.1) is 5.60 Å². The fraction of sp³-hybridized carbons (Fsp3) is 0.462. The van der Waals surface area contributed by atoms with E-state index in [1.165, 1.54) is 0 Å². The molecule has 1 atom stereocenters. The number of hydrogen-bond donors (Lipinski definition) is 3. The van der Waals surface area contributed by atoms with Crippen molar-refractivity contribution in [1.82, 2.24) is 0 Å². The van der Waals surface area contributed by atoms with Crippen LogP contribution in [0.15, 0.2) is 24.3 Å². The molecule has 1 aromatic carbocycles. The molecule has 1 saturated carbocycles. The molecular formula is C13H17NO3. The van der Waals surface area contributed by atoms with E-state index >= 15 is 0 Å². The van der Waals surface area contributed by atoms with E-state index in [4.69, 9.17) is 0 Å². The summed E-state index contributed by atoms with van der Waals surface area (Å²) >= 11 is 0. The lowest BCUT2D eigenvalue weighted by Crippen LogP contribution is -2.53. The minimum absolute atomic E-state index is 0.482. The van der Waals surface area contributed by atoms with Gasteiger partial charge in [0.25, 0.3) is 5.91 Å². The summed E-state index contributed by atoms with van der Waals surface area (Å²) in [4.78, 5) is 11.7. The lowest BCUT2D eigenvalue weighted by Gasteiger charge is -2.39. The zero-order chi connectivity index (χ0) is 12.5. The van der Waals surface area contributed by atoms with Gasteiger partial charge in [-0.2, -0.15) is 0 Å². The first kappa shape index (κ1) is 12.1. The number of aryl methyl sites for hydroxylation is 1. The van der Waals surface area contributed by atoms with Crippen molar-refractivity contribution in [2.24, 2.45) is 0 Å². The molecular weight excluding hydrogens is 218 g/mol. The Balaban J connectivity index is 2.01. The molecule has 0 bridgehead atoms. The van der Waals surface area contributed by atoms with E-state index in [1.54, 1.807) is 6.07 Å². The topological polar surface area (TPSA) is 69.6 Å². The van der Waals surface area contributed by atoms with Crippen LogP contribution in [0, 0.1) is 6.92 Å². The molecule has 2 rings (SSSR count). The summed E-state index contributed by atoms with van der Waals surface area (Å²) in [6.07, 6.45) is 0.465. The summed E-state index contributed by atoms with van der Waals surface area (Å²) in [5.74, 6) is -0.544. The van der Waals surface area contributed by atoms with Crippen LogP contribution in [0.3, 0.4) is 0 Å². The molecule has 1 aromatic rings. The van der Waals surface area contributed by atoms with E-state index in [1.807, 2.05) is 25.1 Å². The molecule has 0 heterocycles. The standard InChI is InChI=1S/C13H17NO3/c1-9-4-2-5-10(8-9)14-12(16)11(15)13(17)6-3-7-13/h2,4-5,8,11,15,17H,3,6-7H2,1H3,(H,14,16). The molecule has 3 N–H and O–H groups in total. The second-order valence-corrected chi connectivity index (χ2v) is 4.72. The van der Waals surface area contributed by atoms with Crippen LogP contribution in [0.1, 0.15) is 24.8 Å². The number of amides is 1. The maximum Gasteiger partial charge on any atom is 0.256 e. The van der Waals surface area contributed by atoms with Gasteiger partial charge in [-0.05, 0) is 43.9 Å². The van der Waals surface area contributed by atoms with E-state index in [0.29, 0.717) is 18.5 Å². The Morgan fingerprint density at radius 3 is 2.71 bits per heavy atom. The van der Waals surface area contributed by atoms with Gasteiger partial charge in [0, 0.05) is 5.69 Å². The minimum Gasteiger partial charge on any atom is -0.387 e. The summed E-state index contributed by atoms with van der Waals surface area (Å²) in [5, 5.41) is 22.2. The molecule has 1 fully saturated rings. The summed E-state index contributed by atoms with van der Waals surface area (Å²) in [6.45, 7) is 1.92. The van der Waals surface area contributed by atoms with Crippen molar-refractivity contribution in [2.45, 2.75) is 37.9 Å². The van der Waals surface area contributed by atoms with Crippen molar-refractivity contribution in [3.8, 4) is 0 Å². The van der Waals surface area contributed by atoms with Crippen LogP contribution in [0.25, 0.3) is 0 Å². The van der Waals surface area contributed by atoms with Gasteiger partial charge in [-0.3, -0.25) is 4.79 Å². The Bertz CT molecular complexity index is 426. The van der Waals surface area contributed by atoms with Crippen molar-refractivity contribution in [1.29, 1.82) is 0 Å². The third-order valence-corrected chi connectivity index (χ3v) is 3.26. The lowest BCUT2D eigenvalue weighted by molar-refractivity contribution is -0.154. The predicted molar refractivity (Wildman–Crippen MR) is 64.6 cm³/mol. The molecule has 4 nitrogen and oxygen atoms in total. The largest absolute Gasteiger partial charge is 0.387 e. The fourth-order valence-corrected chi connectivity index (χ4v) is 1.99. The number of rotatable bonds is 3. The molecule has 92 valence electrons. The zero-order valence-electron chi connectivity index (χ0n) is 9.81. The van der Waals surface area contributed by atoms with Crippen LogP contribution in [0.5, 0.6) is 0 Å². The molecule has 0 aliphatic heterocycles. The third-order valence-electron chi connectivity index (χ3n) is 3.26. The Labute approximate surface area is 100 Å². The summed E-state index contributed by atoms with van der Waals surface area (Å²) in [5.41, 5.74) is 0.435. The Morgan fingerprint density at radius 1 is 1.47 bits per heavy atom. The van der Waals surface area contributed by atoms with Gasteiger partial charge in [0.2, 0.25) is 0 Å². The second kappa shape index (κ2) is 4.47. The van der Waals surface area contributed by atoms with E-state index < -0.39 is 17.6 Å². The van der Waals surface area contributed by atoms with E-state index in [2.05, 4.69) is 5.32 Å². The molecule has 1 amide bonds. The van der Waals surface area contributed by atoms with Crippen LogP contribution in [-0.4, -0.2) is 27.8 Å². The lowest BCUT2D eigenvalue weighted by atomic mass is 9.76. The Kier molecular flexibility index (Phi) is 3.17. The molecule has 0 aromatic heterocycles. The summed E-state index contributed by atoms with van der Waals surface area (Å²) < 4.78 is 0. The fourth-order valence-electron chi connectivity index (χ4n) is 1.99. The van der Waals surface area contributed by atoms with Gasteiger partial charge < -0.3 is 15.5 Å². The molecule has 17 heavy (non-hydrogen) atoms. The quantitative estimate of drug-likeness (QED) is 0.737. The van der Waals surface area contributed by atoms with E-state index in [9.17, 15) is 15.0 Å². The minimum atomic E-state index is -1.35. The zero-order valence-corrected chi connectivity index (χ0v) is 9.81. The average Bonchev–Trinajstić information content (AvgIpc) is 2.25. The maximum atomic E-state index is 11.7. The number of benzene rings is 1. The predicted octanol–water partition coefficient (Wildman–Crippen LogP) is 1.21. The van der Waals surface area contributed by atoms with Gasteiger partial charge in [-0.25, -0.2) is 0 Å². The van der Waals surface area contributed by atoms with Gasteiger partial charge in [-0.15, -0.1) is 0 Å². The highest BCUT2D eigenvalue weighted by atomic mass is 16.4. The number of carbonyl (C=O) groups excluding carboxylic acids is 1. The van der Waals surface area contributed by atoms with Crippen LogP contribution in [0.4, 0.5) is 5.69 Å². The highest BCUT2D eigenvalue weighted by Gasteiger charge is 2.45. The highest BCUT2D eigenvalue weighted by Crippen LogP contribution is 2.35. The summed E-state index contributed by atoms with van der Waals surface area (Å²) in [7, 11) is 0. The Hall–Kier alpha value is -1.39. The molecule has 1 unspecified atom stereocenters. The first-order valence-corrected chi connectivity index (χ1v) is 5.79. The van der Waals surface area contributed by atoms with Crippen molar-refractivity contribution in [3.05, 3.63) is 29.8 Å². The number of aliphatic hydroxyl groups excluding tert-OH is 1. The third kappa shape index (κ3) is 2.48. The van der Waals surface area contributed by atoms with Gasteiger partial charge in [0.15, 0.2) is 6.10 Å². The Morgan fingerprint density at radius 2 is 2.18 bits per heavy atom. The molecule has 0 radical (unpaired) electrons. The highest BCUT2D eigenvalue weighted by molar-refractivity contribution is 5.95. The van der Waals surface area contributed by atoms with Gasteiger partial charge in [-0.1, -0.05) is 12.1 Å². The van der Waals surface area contributed by atoms with Gasteiger partial charge in [0.1, 0.15) is 0 Å². The molecule has 4 heteroatoms. The molecule has 0 saturated heterocycles. The first-order valence-electron chi connectivity index (χ1n) is 5.79. The van der Waals surface area contributed by atoms with Crippen molar-refractivity contribution >= 4 is 11.6 Å². The second-order valence-electron chi connectivity index (χ2n) is 4.72. The summed E-state index contributed by atoms with van der Waals surface area (Å²) in [6, 6.07) is 7.32.